The van der Waals surface area contributed by atoms with Crippen LogP contribution in [-0.4, -0.2) is 38.8 Å². The largest absolute Gasteiger partial charge is 0.381 e. The SMILES string of the molecule is Cc1nc(-c2ccccc2)n2nc(NC3CCOCC3)ncc12. The Labute approximate surface area is 134 Å². The molecule has 0 spiro atoms. The van der Waals surface area contributed by atoms with Crippen LogP contribution in [0.3, 0.4) is 0 Å². The summed E-state index contributed by atoms with van der Waals surface area (Å²) >= 11 is 0. The van der Waals surface area contributed by atoms with Crippen molar-refractivity contribution in [2.24, 2.45) is 0 Å². The minimum absolute atomic E-state index is 0.367. The molecule has 2 aromatic heterocycles. The van der Waals surface area contributed by atoms with E-state index in [9.17, 15) is 0 Å². The number of benzene rings is 1. The fraction of sp³-hybridized carbons (Fsp3) is 0.353. The third kappa shape index (κ3) is 2.77. The van der Waals surface area contributed by atoms with Crippen molar-refractivity contribution < 1.29 is 4.74 Å². The van der Waals surface area contributed by atoms with Crippen LogP contribution in [-0.2, 0) is 4.74 Å². The van der Waals surface area contributed by atoms with Crippen molar-refractivity contribution in [1.82, 2.24) is 19.6 Å². The summed E-state index contributed by atoms with van der Waals surface area (Å²) in [6.45, 7) is 3.56. The second kappa shape index (κ2) is 5.96. The molecule has 0 saturated carbocycles. The topological polar surface area (TPSA) is 64.3 Å². The third-order valence-corrected chi connectivity index (χ3v) is 4.16. The third-order valence-electron chi connectivity index (χ3n) is 4.16. The van der Waals surface area contributed by atoms with Gasteiger partial charge in [-0.2, -0.15) is 0 Å². The molecule has 118 valence electrons. The van der Waals surface area contributed by atoms with Crippen LogP contribution in [0.1, 0.15) is 18.5 Å². The van der Waals surface area contributed by atoms with E-state index in [-0.39, 0.29) is 0 Å². The number of aryl methyl sites for hydroxylation is 1. The van der Waals surface area contributed by atoms with Crippen molar-refractivity contribution in [2.75, 3.05) is 18.5 Å². The number of imidazole rings is 1. The molecule has 0 unspecified atom stereocenters. The molecule has 0 radical (unpaired) electrons. The summed E-state index contributed by atoms with van der Waals surface area (Å²) in [5.41, 5.74) is 2.91. The van der Waals surface area contributed by atoms with Crippen molar-refractivity contribution in [3.8, 4) is 11.4 Å². The second-order valence-corrected chi connectivity index (χ2v) is 5.80. The molecule has 4 rings (SSSR count). The Balaban J connectivity index is 1.72. The van der Waals surface area contributed by atoms with Gasteiger partial charge in [0.1, 0.15) is 5.52 Å². The highest BCUT2D eigenvalue weighted by atomic mass is 16.5. The Morgan fingerprint density at radius 1 is 1.17 bits per heavy atom. The van der Waals surface area contributed by atoms with Gasteiger partial charge in [0.2, 0.25) is 5.95 Å². The summed E-state index contributed by atoms with van der Waals surface area (Å²) in [6, 6.07) is 10.5. The lowest BCUT2D eigenvalue weighted by atomic mass is 10.1. The van der Waals surface area contributed by atoms with Gasteiger partial charge in [-0.1, -0.05) is 30.3 Å². The molecule has 1 saturated heterocycles. The van der Waals surface area contributed by atoms with E-state index in [0.717, 1.165) is 48.7 Å². The van der Waals surface area contributed by atoms with Crippen LogP contribution in [0, 0.1) is 6.92 Å². The average molecular weight is 309 g/mol. The Morgan fingerprint density at radius 2 is 1.96 bits per heavy atom. The zero-order valence-electron chi connectivity index (χ0n) is 13.1. The van der Waals surface area contributed by atoms with Crippen LogP contribution in [0.15, 0.2) is 36.5 Å². The number of ether oxygens (including phenoxy) is 1. The molecule has 1 N–H and O–H groups in total. The molecule has 6 heteroatoms. The van der Waals surface area contributed by atoms with Gasteiger partial charge in [-0.3, -0.25) is 0 Å². The van der Waals surface area contributed by atoms with Gasteiger partial charge in [0.05, 0.1) is 11.9 Å². The van der Waals surface area contributed by atoms with E-state index >= 15 is 0 Å². The highest BCUT2D eigenvalue weighted by Gasteiger charge is 2.16. The maximum absolute atomic E-state index is 5.39. The predicted octanol–water partition coefficient (Wildman–Crippen LogP) is 2.69. The first-order valence-electron chi connectivity index (χ1n) is 7.93. The zero-order valence-corrected chi connectivity index (χ0v) is 13.1. The summed E-state index contributed by atoms with van der Waals surface area (Å²) in [7, 11) is 0. The molecular formula is C17H19N5O. The Hall–Kier alpha value is -2.47. The van der Waals surface area contributed by atoms with Gasteiger partial charge in [0, 0.05) is 24.8 Å². The van der Waals surface area contributed by atoms with Crippen molar-refractivity contribution >= 4 is 11.5 Å². The zero-order chi connectivity index (χ0) is 15.6. The van der Waals surface area contributed by atoms with Crippen LogP contribution in [0.4, 0.5) is 5.95 Å². The van der Waals surface area contributed by atoms with E-state index < -0.39 is 0 Å². The fourth-order valence-electron chi connectivity index (χ4n) is 2.89. The molecule has 0 atom stereocenters. The maximum atomic E-state index is 5.39. The number of fused-ring (bicyclic) bond motifs is 1. The van der Waals surface area contributed by atoms with Crippen molar-refractivity contribution in [1.29, 1.82) is 0 Å². The molecule has 6 nitrogen and oxygen atoms in total. The van der Waals surface area contributed by atoms with Crippen LogP contribution in [0.25, 0.3) is 16.9 Å². The number of nitrogens with zero attached hydrogens (tertiary/aromatic N) is 4. The van der Waals surface area contributed by atoms with Gasteiger partial charge in [0.25, 0.3) is 0 Å². The highest BCUT2D eigenvalue weighted by molar-refractivity contribution is 5.64. The molecule has 3 aromatic rings. The van der Waals surface area contributed by atoms with Gasteiger partial charge in [-0.25, -0.2) is 14.5 Å². The standard InChI is InChI=1S/C17H19N5O/c1-12-15-11-18-17(20-14-7-9-23-10-8-14)21-22(15)16(19-12)13-5-3-2-4-6-13/h2-6,11,14H,7-10H2,1H3,(H,20,21). The number of nitrogens with one attached hydrogen (secondary N) is 1. The number of aromatic nitrogens is 4. The number of hydrogen-bond acceptors (Lipinski definition) is 5. The Kier molecular flexibility index (Phi) is 3.67. The molecule has 1 aromatic carbocycles. The first-order valence-corrected chi connectivity index (χ1v) is 7.93. The van der Waals surface area contributed by atoms with Gasteiger partial charge in [-0.15, -0.1) is 5.10 Å². The van der Waals surface area contributed by atoms with E-state index in [0.29, 0.717) is 12.0 Å². The second-order valence-electron chi connectivity index (χ2n) is 5.80. The fourth-order valence-corrected chi connectivity index (χ4v) is 2.89. The lowest BCUT2D eigenvalue weighted by Crippen LogP contribution is -2.28. The van der Waals surface area contributed by atoms with Crippen LogP contribution < -0.4 is 5.32 Å². The molecule has 1 aliphatic heterocycles. The van der Waals surface area contributed by atoms with Gasteiger partial charge >= 0.3 is 0 Å². The van der Waals surface area contributed by atoms with Gasteiger partial charge in [-0.05, 0) is 19.8 Å². The maximum Gasteiger partial charge on any atom is 0.241 e. The average Bonchev–Trinajstić information content (AvgIpc) is 2.93. The van der Waals surface area contributed by atoms with E-state index in [1.54, 1.807) is 0 Å². The number of rotatable bonds is 3. The van der Waals surface area contributed by atoms with E-state index in [1.807, 2.05) is 48.0 Å². The molecule has 0 amide bonds. The van der Waals surface area contributed by atoms with Crippen molar-refractivity contribution in [3.05, 3.63) is 42.2 Å². The van der Waals surface area contributed by atoms with Gasteiger partial charge in [0.15, 0.2) is 5.82 Å². The molecule has 0 bridgehead atoms. The van der Waals surface area contributed by atoms with E-state index in [2.05, 4.69) is 20.4 Å². The molecule has 1 fully saturated rings. The highest BCUT2D eigenvalue weighted by Crippen LogP contribution is 2.22. The smallest absolute Gasteiger partial charge is 0.241 e. The first-order chi connectivity index (χ1) is 11.3. The quantitative estimate of drug-likeness (QED) is 0.806. The normalized spacial score (nSPS) is 15.9. The van der Waals surface area contributed by atoms with Crippen LogP contribution in [0.2, 0.25) is 0 Å². The predicted molar refractivity (Wildman–Crippen MR) is 88.4 cm³/mol. The lowest BCUT2D eigenvalue weighted by molar-refractivity contribution is 0.0903. The molecule has 0 aliphatic carbocycles. The Morgan fingerprint density at radius 3 is 2.74 bits per heavy atom. The monoisotopic (exact) mass is 309 g/mol. The summed E-state index contributed by atoms with van der Waals surface area (Å²) in [6.07, 6.45) is 3.80. The van der Waals surface area contributed by atoms with E-state index in [4.69, 9.17) is 4.74 Å². The van der Waals surface area contributed by atoms with Crippen LogP contribution >= 0.6 is 0 Å². The summed E-state index contributed by atoms with van der Waals surface area (Å²) in [5, 5.41) is 8.07. The lowest BCUT2D eigenvalue weighted by Gasteiger charge is -2.22. The van der Waals surface area contributed by atoms with Gasteiger partial charge < -0.3 is 10.1 Å². The minimum Gasteiger partial charge on any atom is -0.381 e. The molecular weight excluding hydrogens is 290 g/mol. The Bertz CT molecular complexity index is 808. The van der Waals surface area contributed by atoms with Crippen molar-refractivity contribution in [2.45, 2.75) is 25.8 Å². The molecule has 3 heterocycles. The van der Waals surface area contributed by atoms with E-state index in [1.165, 1.54) is 0 Å². The molecule has 23 heavy (non-hydrogen) atoms. The van der Waals surface area contributed by atoms with Crippen molar-refractivity contribution in [3.63, 3.8) is 0 Å². The first kappa shape index (κ1) is 14.1. The summed E-state index contributed by atoms with van der Waals surface area (Å²) in [5.74, 6) is 1.48. The minimum atomic E-state index is 0.367. The van der Waals surface area contributed by atoms with Crippen LogP contribution in [0.5, 0.6) is 0 Å². The number of anilines is 1. The summed E-state index contributed by atoms with van der Waals surface area (Å²) in [4.78, 5) is 9.11. The molecule has 1 aliphatic rings. The number of hydrogen-bond donors (Lipinski definition) is 1. The summed E-state index contributed by atoms with van der Waals surface area (Å²) < 4.78 is 7.27.